The molecular weight excluding hydrogens is 368 g/mol. The molecule has 0 bridgehead atoms. The van der Waals surface area contributed by atoms with Crippen molar-refractivity contribution in [2.24, 2.45) is 0 Å². The maximum absolute atomic E-state index is 13.0. The predicted octanol–water partition coefficient (Wildman–Crippen LogP) is 2.92. The first-order valence-corrected chi connectivity index (χ1v) is 10.7. The molecule has 2 aromatic heterocycles. The molecule has 5 nitrogen and oxygen atoms in total. The molecule has 2 amide bonds. The molecular formula is C19H22N2O3S2. The summed E-state index contributed by atoms with van der Waals surface area (Å²) in [7, 11) is 0. The van der Waals surface area contributed by atoms with Crippen molar-refractivity contribution in [3.8, 4) is 0 Å². The van der Waals surface area contributed by atoms with Crippen LogP contribution in [0.3, 0.4) is 0 Å². The second-order valence-corrected chi connectivity index (χ2v) is 8.53. The first-order valence-electron chi connectivity index (χ1n) is 8.98. The molecule has 1 fully saturated rings. The van der Waals surface area contributed by atoms with E-state index in [0.29, 0.717) is 26.3 Å². The number of carbonyl (C=O) groups is 2. The highest BCUT2D eigenvalue weighted by atomic mass is 32.1. The third kappa shape index (κ3) is 3.56. The van der Waals surface area contributed by atoms with Crippen molar-refractivity contribution in [3.05, 3.63) is 44.3 Å². The van der Waals surface area contributed by atoms with Gasteiger partial charge in [-0.25, -0.2) is 0 Å². The fraction of sp³-hybridized carbons (Fsp3) is 0.474. The number of amides is 2. The molecule has 0 spiro atoms. The number of nitrogens with zero attached hydrogens (tertiary/aromatic N) is 2. The van der Waals surface area contributed by atoms with Crippen molar-refractivity contribution in [1.82, 2.24) is 9.80 Å². The van der Waals surface area contributed by atoms with Crippen molar-refractivity contribution in [3.63, 3.8) is 0 Å². The number of hydrogen-bond donors (Lipinski definition) is 0. The third-order valence-electron chi connectivity index (χ3n) is 5.02. The van der Waals surface area contributed by atoms with Gasteiger partial charge < -0.3 is 14.5 Å². The van der Waals surface area contributed by atoms with Gasteiger partial charge in [0.25, 0.3) is 0 Å². The molecule has 0 unspecified atom stereocenters. The van der Waals surface area contributed by atoms with Crippen LogP contribution in [0.25, 0.3) is 0 Å². The first kappa shape index (κ1) is 17.7. The Bertz CT molecular complexity index is 766. The Balaban J connectivity index is 1.45. The topological polar surface area (TPSA) is 49.9 Å². The average Bonchev–Trinajstić information content (AvgIpc) is 3.37. The summed E-state index contributed by atoms with van der Waals surface area (Å²) in [6.45, 7) is 3.17. The molecule has 2 aromatic rings. The summed E-state index contributed by atoms with van der Waals surface area (Å²) in [5, 5.41) is 4.17. The zero-order valence-corrected chi connectivity index (χ0v) is 16.2. The number of ether oxygens (including phenoxy) is 1. The summed E-state index contributed by atoms with van der Waals surface area (Å²) in [5.41, 5.74) is 1.25. The van der Waals surface area contributed by atoms with Gasteiger partial charge in [-0.2, -0.15) is 0 Å². The Kier molecular flexibility index (Phi) is 5.38. The zero-order valence-electron chi connectivity index (χ0n) is 14.6. The minimum Gasteiger partial charge on any atom is -0.378 e. The van der Waals surface area contributed by atoms with Gasteiger partial charge >= 0.3 is 0 Å². The van der Waals surface area contributed by atoms with Crippen LogP contribution in [0, 0.1) is 0 Å². The minimum atomic E-state index is -0.00371. The molecule has 0 aliphatic carbocycles. The molecule has 0 aromatic carbocycles. The number of fused-ring (bicyclic) bond motifs is 1. The molecule has 7 heteroatoms. The van der Waals surface area contributed by atoms with Gasteiger partial charge in [0.05, 0.1) is 19.3 Å². The largest absolute Gasteiger partial charge is 0.378 e. The standard InChI is InChI=1S/C19H22N2O3S2/c22-17(20-8-10-24-11-9-20)3-4-18(23)21-7-5-15-14(6-13-26-15)19(21)16-2-1-12-25-16/h1-2,6,12-13,19H,3-5,7-11H2/t19-/m1/s1. The van der Waals surface area contributed by atoms with Crippen molar-refractivity contribution in [2.75, 3.05) is 32.8 Å². The lowest BCUT2D eigenvalue weighted by atomic mass is 9.98. The molecule has 0 saturated carbocycles. The Morgan fingerprint density at radius 3 is 2.62 bits per heavy atom. The maximum atomic E-state index is 13.0. The Morgan fingerprint density at radius 1 is 1.04 bits per heavy atom. The van der Waals surface area contributed by atoms with E-state index in [1.165, 1.54) is 15.3 Å². The summed E-state index contributed by atoms with van der Waals surface area (Å²) in [6.07, 6.45) is 1.46. The van der Waals surface area contributed by atoms with Crippen molar-refractivity contribution < 1.29 is 14.3 Å². The molecule has 0 N–H and O–H groups in total. The summed E-state index contributed by atoms with van der Waals surface area (Å²) < 4.78 is 5.28. The van der Waals surface area contributed by atoms with Gasteiger partial charge in [-0.05, 0) is 34.9 Å². The van der Waals surface area contributed by atoms with E-state index < -0.39 is 0 Å². The summed E-state index contributed by atoms with van der Waals surface area (Å²) in [4.78, 5) is 31.7. The Hall–Kier alpha value is -1.70. The van der Waals surface area contributed by atoms with Gasteiger partial charge in [-0.1, -0.05) is 6.07 Å². The normalized spacial score (nSPS) is 20.1. The lowest BCUT2D eigenvalue weighted by Gasteiger charge is -2.35. The third-order valence-corrected chi connectivity index (χ3v) is 6.94. The van der Waals surface area contributed by atoms with Crippen LogP contribution in [-0.4, -0.2) is 54.5 Å². The van der Waals surface area contributed by atoms with E-state index in [-0.39, 0.29) is 30.7 Å². The van der Waals surface area contributed by atoms with E-state index >= 15 is 0 Å². The molecule has 4 heterocycles. The van der Waals surface area contributed by atoms with Crippen LogP contribution >= 0.6 is 22.7 Å². The predicted molar refractivity (Wildman–Crippen MR) is 103 cm³/mol. The van der Waals surface area contributed by atoms with Crippen LogP contribution in [0.5, 0.6) is 0 Å². The molecule has 2 aliphatic rings. The smallest absolute Gasteiger partial charge is 0.223 e. The number of thiophene rings is 2. The van der Waals surface area contributed by atoms with Crippen LogP contribution in [0.1, 0.15) is 34.2 Å². The monoisotopic (exact) mass is 390 g/mol. The van der Waals surface area contributed by atoms with E-state index in [0.717, 1.165) is 13.0 Å². The van der Waals surface area contributed by atoms with E-state index in [9.17, 15) is 9.59 Å². The number of rotatable bonds is 4. The SMILES string of the molecule is O=C(CCC(=O)N1CCc2sccc2[C@@H]1c1cccs1)N1CCOCC1. The van der Waals surface area contributed by atoms with Gasteiger partial charge in [-0.3, -0.25) is 9.59 Å². The van der Waals surface area contributed by atoms with Gasteiger partial charge in [0.2, 0.25) is 11.8 Å². The fourth-order valence-corrected chi connectivity index (χ4v) is 5.43. The quantitative estimate of drug-likeness (QED) is 0.807. The molecule has 1 saturated heterocycles. The average molecular weight is 391 g/mol. The Labute approximate surface area is 161 Å². The van der Waals surface area contributed by atoms with Crippen LogP contribution in [-0.2, 0) is 20.7 Å². The highest BCUT2D eigenvalue weighted by Gasteiger charge is 2.33. The van der Waals surface area contributed by atoms with Crippen LogP contribution in [0.2, 0.25) is 0 Å². The number of carbonyl (C=O) groups excluding carboxylic acids is 2. The van der Waals surface area contributed by atoms with Crippen LogP contribution in [0.15, 0.2) is 29.0 Å². The van der Waals surface area contributed by atoms with Gasteiger partial charge in [0.15, 0.2) is 0 Å². The molecule has 0 radical (unpaired) electrons. The zero-order chi connectivity index (χ0) is 17.9. The van der Waals surface area contributed by atoms with Crippen molar-refractivity contribution in [1.29, 1.82) is 0 Å². The van der Waals surface area contributed by atoms with E-state index in [2.05, 4.69) is 22.9 Å². The van der Waals surface area contributed by atoms with Crippen molar-refractivity contribution in [2.45, 2.75) is 25.3 Å². The summed E-state index contributed by atoms with van der Waals surface area (Å²) in [5.74, 6) is 0.129. The van der Waals surface area contributed by atoms with E-state index in [4.69, 9.17) is 4.74 Å². The van der Waals surface area contributed by atoms with E-state index in [1.807, 2.05) is 11.0 Å². The van der Waals surface area contributed by atoms with E-state index in [1.54, 1.807) is 27.6 Å². The van der Waals surface area contributed by atoms with Gasteiger partial charge in [-0.15, -0.1) is 22.7 Å². The van der Waals surface area contributed by atoms with Gasteiger partial charge in [0.1, 0.15) is 0 Å². The fourth-order valence-electron chi connectivity index (χ4n) is 3.67. The van der Waals surface area contributed by atoms with Crippen LogP contribution in [0.4, 0.5) is 0 Å². The first-order chi connectivity index (χ1) is 12.7. The lowest BCUT2D eigenvalue weighted by molar-refractivity contribution is -0.140. The van der Waals surface area contributed by atoms with Crippen LogP contribution < -0.4 is 0 Å². The lowest BCUT2D eigenvalue weighted by Crippen LogP contribution is -2.42. The molecule has 4 rings (SSSR count). The number of morpholine rings is 1. The summed E-state index contributed by atoms with van der Waals surface area (Å²) in [6, 6.07) is 6.27. The Morgan fingerprint density at radius 2 is 1.85 bits per heavy atom. The minimum absolute atomic E-state index is 0.00371. The molecule has 2 aliphatic heterocycles. The molecule has 138 valence electrons. The molecule has 1 atom stereocenters. The second-order valence-electron chi connectivity index (χ2n) is 6.55. The second kappa shape index (κ2) is 7.90. The number of hydrogen-bond acceptors (Lipinski definition) is 5. The highest BCUT2D eigenvalue weighted by molar-refractivity contribution is 7.10. The molecule has 26 heavy (non-hydrogen) atoms. The van der Waals surface area contributed by atoms with Gasteiger partial charge in [0, 0.05) is 42.2 Å². The summed E-state index contributed by atoms with van der Waals surface area (Å²) >= 11 is 3.46. The maximum Gasteiger partial charge on any atom is 0.223 e. The highest BCUT2D eigenvalue weighted by Crippen LogP contribution is 2.39. The van der Waals surface area contributed by atoms with Crippen molar-refractivity contribution >= 4 is 34.5 Å².